The van der Waals surface area contributed by atoms with Crippen molar-refractivity contribution < 1.29 is 23.5 Å². The Morgan fingerprint density at radius 1 is 1.20 bits per heavy atom. The summed E-state index contributed by atoms with van der Waals surface area (Å²) in [5.74, 6) is -4.68. The molecule has 0 radical (unpaired) electrons. The van der Waals surface area contributed by atoms with Gasteiger partial charge in [0, 0.05) is 6.07 Å². The van der Waals surface area contributed by atoms with Crippen LogP contribution in [0.5, 0.6) is 0 Å². The van der Waals surface area contributed by atoms with Crippen LogP contribution in [-0.4, -0.2) is 17.0 Å². The van der Waals surface area contributed by atoms with E-state index in [1.54, 1.807) is 0 Å². The van der Waals surface area contributed by atoms with Gasteiger partial charge in [-0.3, -0.25) is 9.59 Å². The smallest absolute Gasteiger partial charge is 0.307 e. The van der Waals surface area contributed by atoms with Gasteiger partial charge in [0.1, 0.15) is 11.6 Å². The van der Waals surface area contributed by atoms with E-state index in [2.05, 4.69) is 21.2 Å². The van der Waals surface area contributed by atoms with Crippen LogP contribution in [0.1, 0.15) is 19.3 Å². The summed E-state index contributed by atoms with van der Waals surface area (Å²) in [7, 11) is 0. The van der Waals surface area contributed by atoms with Crippen molar-refractivity contribution in [3.05, 3.63) is 28.2 Å². The number of carboxylic acid groups (broad SMARTS) is 1. The second-order valence-electron chi connectivity index (χ2n) is 4.72. The zero-order valence-corrected chi connectivity index (χ0v) is 11.9. The highest BCUT2D eigenvalue weighted by molar-refractivity contribution is 9.10. The Balaban J connectivity index is 2.16. The van der Waals surface area contributed by atoms with Crippen molar-refractivity contribution in [2.75, 3.05) is 5.32 Å². The van der Waals surface area contributed by atoms with E-state index in [9.17, 15) is 18.4 Å². The van der Waals surface area contributed by atoms with Crippen molar-refractivity contribution in [3.63, 3.8) is 0 Å². The van der Waals surface area contributed by atoms with E-state index < -0.39 is 35.3 Å². The number of halogens is 3. The Kier molecular flexibility index (Phi) is 4.37. The SMILES string of the molecule is O=C(O)C1CCCC1C(=O)Nc1cc(Br)c(F)cc1F. The van der Waals surface area contributed by atoms with Crippen molar-refractivity contribution in [1.82, 2.24) is 0 Å². The van der Waals surface area contributed by atoms with Crippen LogP contribution >= 0.6 is 15.9 Å². The van der Waals surface area contributed by atoms with E-state index in [1.807, 2.05) is 0 Å². The van der Waals surface area contributed by atoms with Crippen molar-refractivity contribution in [2.24, 2.45) is 11.8 Å². The average molecular weight is 348 g/mol. The molecule has 1 aromatic rings. The summed E-state index contributed by atoms with van der Waals surface area (Å²) in [5, 5.41) is 11.4. The van der Waals surface area contributed by atoms with E-state index in [4.69, 9.17) is 5.11 Å². The predicted molar refractivity (Wildman–Crippen MR) is 71.2 cm³/mol. The molecule has 1 aliphatic carbocycles. The highest BCUT2D eigenvalue weighted by Gasteiger charge is 2.37. The molecule has 1 aromatic carbocycles. The summed E-state index contributed by atoms with van der Waals surface area (Å²) in [6.07, 6.45) is 1.53. The number of nitrogens with one attached hydrogen (secondary N) is 1. The van der Waals surface area contributed by atoms with Crippen LogP contribution in [0.3, 0.4) is 0 Å². The van der Waals surface area contributed by atoms with Gasteiger partial charge in [-0.25, -0.2) is 8.78 Å². The molecular formula is C13H12BrF2NO3. The molecule has 0 aliphatic heterocycles. The maximum absolute atomic E-state index is 13.5. The minimum Gasteiger partial charge on any atom is -0.481 e. The van der Waals surface area contributed by atoms with E-state index in [0.717, 1.165) is 6.07 Å². The highest BCUT2D eigenvalue weighted by atomic mass is 79.9. The molecular weight excluding hydrogens is 336 g/mol. The summed E-state index contributed by atoms with van der Waals surface area (Å²) in [6, 6.07) is 1.77. The quantitative estimate of drug-likeness (QED) is 0.825. The van der Waals surface area contributed by atoms with Gasteiger partial charge in [0.2, 0.25) is 5.91 Å². The second-order valence-corrected chi connectivity index (χ2v) is 5.57. The van der Waals surface area contributed by atoms with Crippen molar-refractivity contribution in [3.8, 4) is 0 Å². The average Bonchev–Trinajstić information content (AvgIpc) is 2.85. The number of hydrogen-bond acceptors (Lipinski definition) is 2. The Hall–Kier alpha value is -1.50. The van der Waals surface area contributed by atoms with Gasteiger partial charge in [0.05, 0.1) is 22.0 Å². The summed E-state index contributed by atoms with van der Waals surface area (Å²) < 4.78 is 26.7. The molecule has 1 amide bonds. The number of aliphatic carboxylic acids is 1. The van der Waals surface area contributed by atoms with Gasteiger partial charge in [-0.1, -0.05) is 6.42 Å². The Morgan fingerprint density at radius 2 is 1.85 bits per heavy atom. The van der Waals surface area contributed by atoms with E-state index in [1.165, 1.54) is 0 Å². The summed E-state index contributed by atoms with van der Waals surface area (Å²) in [5.41, 5.74) is -0.167. The van der Waals surface area contributed by atoms with Crippen LogP contribution in [0.15, 0.2) is 16.6 Å². The number of rotatable bonds is 3. The first kappa shape index (κ1) is 14.9. The monoisotopic (exact) mass is 347 g/mol. The van der Waals surface area contributed by atoms with Gasteiger partial charge in [0.25, 0.3) is 0 Å². The summed E-state index contributed by atoms with van der Waals surface area (Å²) in [6.45, 7) is 0. The van der Waals surface area contributed by atoms with Crippen molar-refractivity contribution in [1.29, 1.82) is 0 Å². The zero-order valence-electron chi connectivity index (χ0n) is 10.3. The largest absolute Gasteiger partial charge is 0.481 e. The molecule has 0 bridgehead atoms. The van der Waals surface area contributed by atoms with E-state index in [-0.39, 0.29) is 10.2 Å². The molecule has 2 rings (SSSR count). The van der Waals surface area contributed by atoms with Gasteiger partial charge >= 0.3 is 5.97 Å². The van der Waals surface area contributed by atoms with Gasteiger partial charge < -0.3 is 10.4 Å². The molecule has 2 atom stereocenters. The summed E-state index contributed by atoms with van der Waals surface area (Å²) in [4.78, 5) is 23.1. The molecule has 4 nitrogen and oxygen atoms in total. The first-order chi connectivity index (χ1) is 9.40. The number of amides is 1. The lowest BCUT2D eigenvalue weighted by atomic mass is 9.95. The topological polar surface area (TPSA) is 66.4 Å². The molecule has 2 N–H and O–H groups in total. The number of hydrogen-bond donors (Lipinski definition) is 2. The number of anilines is 1. The first-order valence-corrected chi connectivity index (χ1v) is 6.87. The second kappa shape index (κ2) is 5.87. The molecule has 1 fully saturated rings. The maximum Gasteiger partial charge on any atom is 0.307 e. The van der Waals surface area contributed by atoms with Gasteiger partial charge in [-0.05, 0) is 34.8 Å². The molecule has 0 aromatic heterocycles. The Morgan fingerprint density at radius 3 is 2.50 bits per heavy atom. The number of carbonyl (C=O) groups is 2. The molecule has 0 saturated heterocycles. The Labute approximate surface area is 122 Å². The zero-order chi connectivity index (χ0) is 14.9. The minimum atomic E-state index is -1.02. The van der Waals surface area contributed by atoms with Gasteiger partial charge in [-0.15, -0.1) is 0 Å². The molecule has 7 heteroatoms. The molecule has 1 aliphatic rings. The predicted octanol–water partition coefficient (Wildman–Crippen LogP) is 3.17. The number of carboxylic acids is 1. The molecule has 2 unspecified atom stereocenters. The van der Waals surface area contributed by atoms with Gasteiger partial charge in [0.15, 0.2) is 0 Å². The number of benzene rings is 1. The van der Waals surface area contributed by atoms with Crippen molar-refractivity contribution in [2.45, 2.75) is 19.3 Å². The molecule has 0 heterocycles. The highest BCUT2D eigenvalue weighted by Crippen LogP contribution is 2.33. The fraction of sp³-hybridized carbons (Fsp3) is 0.385. The van der Waals surface area contributed by atoms with Crippen LogP contribution in [0.25, 0.3) is 0 Å². The van der Waals surface area contributed by atoms with Crippen molar-refractivity contribution >= 4 is 33.5 Å². The molecule has 0 spiro atoms. The van der Waals surface area contributed by atoms with E-state index >= 15 is 0 Å². The third-order valence-corrected chi connectivity index (χ3v) is 4.05. The van der Waals surface area contributed by atoms with Crippen LogP contribution in [0.4, 0.5) is 14.5 Å². The standard InChI is InChI=1S/C13H12BrF2NO3/c14-8-4-11(10(16)5-9(8)15)17-12(18)6-2-1-3-7(6)13(19)20/h4-7H,1-3H2,(H,17,18)(H,19,20). The lowest BCUT2D eigenvalue weighted by Gasteiger charge is -2.16. The third-order valence-electron chi connectivity index (χ3n) is 3.44. The maximum atomic E-state index is 13.5. The Bertz CT molecular complexity index is 565. The normalized spacial score (nSPS) is 21.8. The van der Waals surface area contributed by atoms with Crippen LogP contribution in [0, 0.1) is 23.5 Å². The lowest BCUT2D eigenvalue weighted by molar-refractivity contribution is -0.145. The fourth-order valence-corrected chi connectivity index (χ4v) is 2.76. The lowest BCUT2D eigenvalue weighted by Crippen LogP contribution is -2.30. The minimum absolute atomic E-state index is 0.0235. The molecule has 1 saturated carbocycles. The molecule has 108 valence electrons. The third kappa shape index (κ3) is 2.98. The number of carbonyl (C=O) groups excluding carboxylic acids is 1. The fourth-order valence-electron chi connectivity index (χ4n) is 2.41. The van der Waals surface area contributed by atoms with E-state index in [0.29, 0.717) is 25.3 Å². The van der Waals surface area contributed by atoms with Crippen LogP contribution < -0.4 is 5.32 Å². The van der Waals surface area contributed by atoms with Crippen LogP contribution in [0.2, 0.25) is 0 Å². The summed E-state index contributed by atoms with van der Waals surface area (Å²) >= 11 is 2.90. The molecule has 20 heavy (non-hydrogen) atoms. The van der Waals surface area contributed by atoms with Crippen LogP contribution in [-0.2, 0) is 9.59 Å². The first-order valence-electron chi connectivity index (χ1n) is 6.08. The van der Waals surface area contributed by atoms with Gasteiger partial charge in [-0.2, -0.15) is 0 Å².